The molecule has 0 bridgehead atoms. The van der Waals surface area contributed by atoms with Crippen molar-refractivity contribution in [1.29, 1.82) is 0 Å². The molecule has 1 N–H and O–H groups in total. The third-order valence-corrected chi connectivity index (χ3v) is 5.37. The molecule has 2 rings (SSSR count). The summed E-state index contributed by atoms with van der Waals surface area (Å²) in [6, 6.07) is 13.7. The van der Waals surface area contributed by atoms with Crippen LogP contribution in [-0.4, -0.2) is 10.9 Å². The smallest absolute Gasteiger partial charge is 0.170 e. The van der Waals surface area contributed by atoms with Gasteiger partial charge in [0, 0.05) is 11.5 Å². The Morgan fingerprint density at radius 2 is 1.43 bits per heavy atom. The van der Waals surface area contributed by atoms with Crippen molar-refractivity contribution in [3.05, 3.63) is 64.7 Å². The predicted molar refractivity (Wildman–Crippen MR) is 119 cm³/mol. The first-order valence-corrected chi connectivity index (χ1v) is 10.4. The zero-order chi connectivity index (χ0) is 21.1. The number of ketones is 1. The highest BCUT2D eigenvalue weighted by atomic mass is 16.3. The average molecular weight is 381 g/mol. The standard InChI is InChI=1S/C26H36O2/c1-8-9-15-20(23(27)18-13-11-10-12-14-18)19-16-21(25(2,3)4)24(28)22(17-19)26(5,6)7/h10-14,16-17,20,28H,8-9,15H2,1-7H3. The molecule has 152 valence electrons. The van der Waals surface area contributed by atoms with Gasteiger partial charge in [-0.1, -0.05) is 104 Å². The number of unbranched alkanes of at least 4 members (excludes halogenated alkanes) is 1. The number of benzene rings is 2. The highest BCUT2D eigenvalue weighted by Gasteiger charge is 2.30. The van der Waals surface area contributed by atoms with Crippen LogP contribution >= 0.6 is 0 Å². The van der Waals surface area contributed by atoms with Crippen LogP contribution in [0.5, 0.6) is 5.75 Å². The maximum Gasteiger partial charge on any atom is 0.170 e. The molecule has 0 aliphatic rings. The van der Waals surface area contributed by atoms with Crippen LogP contribution in [0.4, 0.5) is 0 Å². The quantitative estimate of drug-likeness (QED) is 0.541. The molecule has 1 unspecified atom stereocenters. The van der Waals surface area contributed by atoms with E-state index in [2.05, 4.69) is 60.6 Å². The lowest BCUT2D eigenvalue weighted by molar-refractivity contribution is 0.0953. The Balaban J connectivity index is 2.66. The van der Waals surface area contributed by atoms with Gasteiger partial charge in [-0.3, -0.25) is 4.79 Å². The number of Topliss-reactive ketones (excluding diaryl/α,β-unsaturated/α-hetero) is 1. The second-order valence-corrected chi connectivity index (χ2v) is 9.89. The zero-order valence-electron chi connectivity index (χ0n) is 18.6. The van der Waals surface area contributed by atoms with Gasteiger partial charge in [-0.2, -0.15) is 0 Å². The second-order valence-electron chi connectivity index (χ2n) is 9.89. The van der Waals surface area contributed by atoms with E-state index < -0.39 is 0 Å². The van der Waals surface area contributed by atoms with E-state index >= 15 is 0 Å². The number of rotatable bonds is 6. The Morgan fingerprint density at radius 1 is 0.929 bits per heavy atom. The molecule has 0 aromatic heterocycles. The average Bonchev–Trinajstić information content (AvgIpc) is 2.61. The topological polar surface area (TPSA) is 37.3 Å². The number of carbonyl (C=O) groups is 1. The Bertz CT molecular complexity index is 770. The highest BCUT2D eigenvalue weighted by Crippen LogP contribution is 2.42. The minimum Gasteiger partial charge on any atom is -0.507 e. The summed E-state index contributed by atoms with van der Waals surface area (Å²) >= 11 is 0. The van der Waals surface area contributed by atoms with Crippen LogP contribution in [0.3, 0.4) is 0 Å². The molecular weight excluding hydrogens is 344 g/mol. The normalized spacial score (nSPS) is 13.4. The van der Waals surface area contributed by atoms with E-state index in [1.165, 1.54) is 0 Å². The summed E-state index contributed by atoms with van der Waals surface area (Å²) in [5.74, 6) is 0.342. The van der Waals surface area contributed by atoms with E-state index in [1.54, 1.807) is 0 Å². The minimum absolute atomic E-state index is 0.166. The summed E-state index contributed by atoms with van der Waals surface area (Å²) in [4.78, 5) is 13.4. The third-order valence-electron chi connectivity index (χ3n) is 5.37. The maximum absolute atomic E-state index is 13.4. The Labute approximate surface area is 171 Å². The first-order valence-electron chi connectivity index (χ1n) is 10.4. The Kier molecular flexibility index (Phi) is 6.75. The van der Waals surface area contributed by atoms with Gasteiger partial charge in [0.05, 0.1) is 0 Å². The fourth-order valence-corrected chi connectivity index (χ4v) is 3.66. The lowest BCUT2D eigenvalue weighted by Gasteiger charge is -2.30. The number of phenols is 1. The molecule has 0 aliphatic carbocycles. The summed E-state index contributed by atoms with van der Waals surface area (Å²) in [6.45, 7) is 14.8. The molecule has 0 radical (unpaired) electrons. The summed E-state index contributed by atoms with van der Waals surface area (Å²) in [5, 5.41) is 11.0. The molecule has 0 amide bonds. The number of carbonyl (C=O) groups excluding carboxylic acids is 1. The van der Waals surface area contributed by atoms with E-state index in [-0.39, 0.29) is 22.5 Å². The van der Waals surface area contributed by atoms with Crippen molar-refractivity contribution in [3.8, 4) is 5.75 Å². The monoisotopic (exact) mass is 380 g/mol. The molecular formula is C26H36O2. The molecule has 2 heteroatoms. The summed E-state index contributed by atoms with van der Waals surface area (Å²) in [7, 11) is 0. The lowest BCUT2D eigenvalue weighted by Crippen LogP contribution is -2.20. The largest absolute Gasteiger partial charge is 0.507 e. The Morgan fingerprint density at radius 3 is 1.86 bits per heavy atom. The number of aromatic hydroxyl groups is 1. The van der Waals surface area contributed by atoms with Gasteiger partial charge >= 0.3 is 0 Å². The van der Waals surface area contributed by atoms with Gasteiger partial charge in [0.1, 0.15) is 5.75 Å². The van der Waals surface area contributed by atoms with Gasteiger partial charge in [0.15, 0.2) is 5.78 Å². The van der Waals surface area contributed by atoms with Gasteiger partial charge in [-0.05, 0) is 33.9 Å². The second kappa shape index (κ2) is 8.51. The molecule has 1 atom stereocenters. The van der Waals surface area contributed by atoms with Crippen LogP contribution in [0.2, 0.25) is 0 Å². The molecule has 28 heavy (non-hydrogen) atoms. The van der Waals surface area contributed by atoms with Gasteiger partial charge < -0.3 is 5.11 Å². The van der Waals surface area contributed by atoms with E-state index in [4.69, 9.17) is 0 Å². The van der Waals surface area contributed by atoms with Gasteiger partial charge in [0.2, 0.25) is 0 Å². The van der Waals surface area contributed by atoms with E-state index in [0.717, 1.165) is 41.5 Å². The summed E-state index contributed by atoms with van der Waals surface area (Å²) in [5.41, 5.74) is 3.20. The third kappa shape index (κ3) is 5.04. The van der Waals surface area contributed by atoms with Crippen molar-refractivity contribution >= 4 is 5.78 Å². The molecule has 0 fully saturated rings. The van der Waals surface area contributed by atoms with Crippen molar-refractivity contribution in [2.75, 3.05) is 0 Å². The highest BCUT2D eigenvalue weighted by molar-refractivity contribution is 6.01. The number of hydrogen-bond donors (Lipinski definition) is 1. The minimum atomic E-state index is -0.203. The van der Waals surface area contributed by atoms with Crippen LogP contribution < -0.4 is 0 Å². The lowest BCUT2D eigenvalue weighted by atomic mass is 9.75. The number of hydrogen-bond acceptors (Lipinski definition) is 2. The van der Waals surface area contributed by atoms with Crippen LogP contribution in [0.25, 0.3) is 0 Å². The van der Waals surface area contributed by atoms with Crippen molar-refractivity contribution in [1.82, 2.24) is 0 Å². The van der Waals surface area contributed by atoms with E-state index in [9.17, 15) is 9.90 Å². The Hall–Kier alpha value is -2.09. The molecule has 0 saturated heterocycles. The van der Waals surface area contributed by atoms with E-state index in [0.29, 0.717) is 5.75 Å². The maximum atomic E-state index is 13.4. The van der Waals surface area contributed by atoms with Crippen molar-refractivity contribution in [2.24, 2.45) is 0 Å². The van der Waals surface area contributed by atoms with Crippen LogP contribution in [0.15, 0.2) is 42.5 Å². The fraction of sp³-hybridized carbons (Fsp3) is 0.500. The molecule has 2 aromatic carbocycles. The molecule has 0 spiro atoms. The summed E-state index contributed by atoms with van der Waals surface area (Å²) < 4.78 is 0. The van der Waals surface area contributed by atoms with Gasteiger partial charge in [-0.25, -0.2) is 0 Å². The van der Waals surface area contributed by atoms with Crippen molar-refractivity contribution in [2.45, 2.75) is 84.5 Å². The molecule has 0 heterocycles. The molecule has 0 aliphatic heterocycles. The van der Waals surface area contributed by atoms with Gasteiger partial charge in [-0.15, -0.1) is 0 Å². The van der Waals surface area contributed by atoms with E-state index in [1.807, 2.05) is 30.3 Å². The summed E-state index contributed by atoms with van der Waals surface area (Å²) in [6.07, 6.45) is 2.87. The van der Waals surface area contributed by atoms with Crippen molar-refractivity contribution < 1.29 is 9.90 Å². The van der Waals surface area contributed by atoms with Crippen LogP contribution in [0.1, 0.15) is 101 Å². The molecule has 0 saturated carbocycles. The van der Waals surface area contributed by atoms with Crippen molar-refractivity contribution in [3.63, 3.8) is 0 Å². The van der Waals surface area contributed by atoms with Crippen LogP contribution in [0, 0.1) is 0 Å². The SMILES string of the molecule is CCCCC(C(=O)c1ccccc1)c1cc(C(C)(C)C)c(O)c(C(C)(C)C)c1. The number of phenolic OH excluding ortho intramolecular Hbond substituents is 1. The molecule has 2 aromatic rings. The first kappa shape index (κ1) is 22.2. The first-order chi connectivity index (χ1) is 13.0. The molecule has 2 nitrogen and oxygen atoms in total. The zero-order valence-corrected chi connectivity index (χ0v) is 18.6. The van der Waals surface area contributed by atoms with Crippen LogP contribution in [-0.2, 0) is 10.8 Å². The predicted octanol–water partition coefficient (Wildman–Crippen LogP) is 7.14. The van der Waals surface area contributed by atoms with Gasteiger partial charge in [0.25, 0.3) is 0 Å². The fourth-order valence-electron chi connectivity index (χ4n) is 3.66.